The third kappa shape index (κ3) is 4.45. The molecule has 1 fully saturated rings. The van der Waals surface area contributed by atoms with Crippen molar-refractivity contribution < 1.29 is 13.9 Å². The Labute approximate surface area is 193 Å². The van der Waals surface area contributed by atoms with E-state index in [0.717, 1.165) is 74.3 Å². The maximum atomic E-state index is 13.4. The summed E-state index contributed by atoms with van der Waals surface area (Å²) in [7, 11) is 1.67. The Morgan fingerprint density at radius 3 is 2.36 bits per heavy atom. The first-order chi connectivity index (χ1) is 16.1. The zero-order valence-corrected chi connectivity index (χ0v) is 18.9. The van der Waals surface area contributed by atoms with Crippen LogP contribution in [0.15, 0.2) is 48.5 Å². The number of nitrogens with zero attached hydrogens (tertiary/aromatic N) is 3. The van der Waals surface area contributed by atoms with Gasteiger partial charge in [-0.25, -0.2) is 9.07 Å². The van der Waals surface area contributed by atoms with E-state index in [1.165, 1.54) is 17.8 Å². The molecule has 0 unspecified atom stereocenters. The van der Waals surface area contributed by atoms with Crippen molar-refractivity contribution in [3.63, 3.8) is 0 Å². The van der Waals surface area contributed by atoms with Crippen LogP contribution in [0.5, 0.6) is 5.75 Å². The normalized spacial score (nSPS) is 16.4. The van der Waals surface area contributed by atoms with Gasteiger partial charge >= 0.3 is 0 Å². The Balaban J connectivity index is 1.28. The minimum absolute atomic E-state index is 0.100. The Hall–Kier alpha value is -3.35. The second-order valence-electron chi connectivity index (χ2n) is 8.80. The predicted molar refractivity (Wildman–Crippen MR) is 126 cm³/mol. The summed E-state index contributed by atoms with van der Waals surface area (Å²) in [6.45, 7) is 1.78. The summed E-state index contributed by atoms with van der Waals surface area (Å²) in [5.74, 6) is 0.472. The summed E-state index contributed by atoms with van der Waals surface area (Å²) in [5, 5.41) is 7.92. The highest BCUT2D eigenvalue weighted by atomic mass is 19.1. The first-order valence-corrected chi connectivity index (χ1v) is 11.7. The van der Waals surface area contributed by atoms with E-state index < -0.39 is 0 Å². The second kappa shape index (κ2) is 9.25. The first kappa shape index (κ1) is 21.5. The molecule has 1 saturated heterocycles. The summed E-state index contributed by atoms with van der Waals surface area (Å²) in [4.78, 5) is 15.6. The Kier molecular flexibility index (Phi) is 6.03. The number of methoxy groups -OCH3 is 1. The summed E-state index contributed by atoms with van der Waals surface area (Å²) in [6, 6.07) is 14.5. The molecule has 6 nitrogen and oxygen atoms in total. The van der Waals surface area contributed by atoms with Gasteiger partial charge in [0, 0.05) is 36.1 Å². The number of rotatable bonds is 5. The van der Waals surface area contributed by atoms with Crippen molar-refractivity contribution in [3.05, 3.63) is 71.3 Å². The molecular formula is C26H29FN4O2. The van der Waals surface area contributed by atoms with Crippen molar-refractivity contribution in [2.24, 2.45) is 0 Å². The molecule has 0 bridgehead atoms. The van der Waals surface area contributed by atoms with Crippen LogP contribution in [0.1, 0.15) is 47.4 Å². The van der Waals surface area contributed by atoms with E-state index in [0.29, 0.717) is 5.69 Å². The monoisotopic (exact) mass is 448 g/mol. The lowest BCUT2D eigenvalue weighted by atomic mass is 9.95. The van der Waals surface area contributed by atoms with Gasteiger partial charge in [0.25, 0.3) is 5.91 Å². The number of nitrogens with one attached hydrogen (secondary N) is 1. The fraction of sp³-hybridized carbons (Fsp3) is 0.385. The molecule has 1 amide bonds. The fourth-order valence-electron chi connectivity index (χ4n) is 4.91. The molecule has 7 heteroatoms. The van der Waals surface area contributed by atoms with Crippen molar-refractivity contribution in [3.8, 4) is 11.4 Å². The molecule has 0 radical (unpaired) electrons. The molecule has 2 aromatic carbocycles. The highest BCUT2D eigenvalue weighted by Gasteiger charge is 2.28. The zero-order chi connectivity index (χ0) is 22.8. The van der Waals surface area contributed by atoms with Crippen molar-refractivity contribution in [1.29, 1.82) is 0 Å². The van der Waals surface area contributed by atoms with Crippen LogP contribution < -0.4 is 15.0 Å². The standard InChI is InChI=1S/C26H29FN4O2/c1-33-22-12-10-20(11-13-22)30-16-14-19(15-17-30)28-26(32)25-23-4-2-3-5-24(23)31(29-25)21-8-6-18(27)7-9-21/h6-13,19H,2-5,14-17H2,1H3,(H,28,32). The first-order valence-electron chi connectivity index (χ1n) is 11.7. The van der Waals surface area contributed by atoms with Gasteiger partial charge in [0.2, 0.25) is 0 Å². The Morgan fingerprint density at radius 1 is 1.00 bits per heavy atom. The number of anilines is 1. The highest BCUT2D eigenvalue weighted by molar-refractivity contribution is 5.94. The van der Waals surface area contributed by atoms with Crippen molar-refractivity contribution in [2.75, 3.05) is 25.1 Å². The maximum absolute atomic E-state index is 13.4. The van der Waals surface area contributed by atoms with Crippen LogP contribution in [0.25, 0.3) is 5.69 Å². The lowest BCUT2D eigenvalue weighted by Gasteiger charge is -2.34. The Morgan fingerprint density at radius 2 is 1.67 bits per heavy atom. The van der Waals surface area contributed by atoms with Crippen LogP contribution in [-0.2, 0) is 12.8 Å². The summed E-state index contributed by atoms with van der Waals surface area (Å²) in [5.41, 5.74) is 4.60. The van der Waals surface area contributed by atoms with Gasteiger partial charge in [0.1, 0.15) is 11.6 Å². The number of piperidine rings is 1. The van der Waals surface area contributed by atoms with E-state index in [1.807, 2.05) is 16.8 Å². The van der Waals surface area contributed by atoms with Crippen LogP contribution >= 0.6 is 0 Å². The average molecular weight is 449 g/mol. The molecule has 0 atom stereocenters. The quantitative estimate of drug-likeness (QED) is 0.632. The van der Waals surface area contributed by atoms with Gasteiger partial charge < -0.3 is 15.0 Å². The van der Waals surface area contributed by atoms with Gasteiger partial charge in [-0.3, -0.25) is 4.79 Å². The number of hydrogen-bond donors (Lipinski definition) is 1. The second-order valence-corrected chi connectivity index (χ2v) is 8.80. The maximum Gasteiger partial charge on any atom is 0.272 e. The number of amides is 1. The van der Waals surface area contributed by atoms with E-state index in [1.54, 1.807) is 19.2 Å². The van der Waals surface area contributed by atoms with Crippen molar-refractivity contribution in [1.82, 2.24) is 15.1 Å². The molecule has 0 saturated carbocycles. The SMILES string of the molecule is COc1ccc(N2CCC(NC(=O)c3nn(-c4ccc(F)cc4)c4c3CCCC4)CC2)cc1. The lowest BCUT2D eigenvalue weighted by Crippen LogP contribution is -2.45. The number of carbonyl (C=O) groups is 1. The smallest absolute Gasteiger partial charge is 0.272 e. The fourth-order valence-corrected chi connectivity index (χ4v) is 4.91. The minimum atomic E-state index is -0.279. The summed E-state index contributed by atoms with van der Waals surface area (Å²) >= 11 is 0. The number of aromatic nitrogens is 2. The van der Waals surface area contributed by atoms with Gasteiger partial charge in [-0.05, 0) is 87.1 Å². The molecule has 2 aliphatic rings. The molecule has 3 aromatic rings. The Bertz CT molecular complexity index is 1120. The van der Waals surface area contributed by atoms with E-state index >= 15 is 0 Å². The zero-order valence-electron chi connectivity index (χ0n) is 18.9. The van der Waals surface area contributed by atoms with Gasteiger partial charge in [-0.1, -0.05) is 0 Å². The average Bonchev–Trinajstić information content (AvgIpc) is 3.25. The number of carbonyl (C=O) groups excluding carboxylic acids is 1. The van der Waals surface area contributed by atoms with Crippen LogP contribution in [0.3, 0.4) is 0 Å². The van der Waals surface area contributed by atoms with Crippen LogP contribution in [0, 0.1) is 5.82 Å². The number of ether oxygens (including phenoxy) is 1. The molecule has 1 N–H and O–H groups in total. The van der Waals surface area contributed by atoms with Gasteiger partial charge in [0.15, 0.2) is 5.69 Å². The van der Waals surface area contributed by atoms with E-state index in [-0.39, 0.29) is 17.8 Å². The van der Waals surface area contributed by atoms with E-state index in [2.05, 4.69) is 22.3 Å². The van der Waals surface area contributed by atoms with E-state index in [9.17, 15) is 9.18 Å². The molecule has 5 rings (SSSR count). The number of halogens is 1. The molecule has 172 valence electrons. The predicted octanol–water partition coefficient (Wildman–Crippen LogP) is 4.30. The number of benzene rings is 2. The summed E-state index contributed by atoms with van der Waals surface area (Å²) < 4.78 is 20.5. The molecule has 2 heterocycles. The van der Waals surface area contributed by atoms with Gasteiger partial charge in [-0.15, -0.1) is 0 Å². The lowest BCUT2D eigenvalue weighted by molar-refractivity contribution is 0.0924. The van der Waals surface area contributed by atoms with Gasteiger partial charge in [0.05, 0.1) is 12.8 Å². The molecule has 1 aliphatic carbocycles. The number of fused-ring (bicyclic) bond motifs is 1. The van der Waals surface area contributed by atoms with Crippen molar-refractivity contribution >= 4 is 11.6 Å². The highest BCUT2D eigenvalue weighted by Crippen LogP contribution is 2.28. The van der Waals surface area contributed by atoms with Gasteiger partial charge in [-0.2, -0.15) is 5.10 Å². The van der Waals surface area contributed by atoms with Crippen LogP contribution in [-0.4, -0.2) is 41.9 Å². The molecule has 1 aliphatic heterocycles. The largest absolute Gasteiger partial charge is 0.497 e. The molecule has 1 aromatic heterocycles. The van der Waals surface area contributed by atoms with E-state index in [4.69, 9.17) is 9.84 Å². The van der Waals surface area contributed by atoms with Crippen LogP contribution in [0.4, 0.5) is 10.1 Å². The van der Waals surface area contributed by atoms with Crippen LogP contribution in [0.2, 0.25) is 0 Å². The van der Waals surface area contributed by atoms with Crippen molar-refractivity contribution in [2.45, 2.75) is 44.6 Å². The number of hydrogen-bond acceptors (Lipinski definition) is 4. The molecule has 33 heavy (non-hydrogen) atoms. The topological polar surface area (TPSA) is 59.4 Å². The third-order valence-corrected chi connectivity index (χ3v) is 6.73. The third-order valence-electron chi connectivity index (χ3n) is 6.73. The molecule has 0 spiro atoms. The summed E-state index contributed by atoms with van der Waals surface area (Å²) in [6.07, 6.45) is 5.65. The minimum Gasteiger partial charge on any atom is -0.497 e. The molecular weight excluding hydrogens is 419 g/mol.